The summed E-state index contributed by atoms with van der Waals surface area (Å²) in [5.74, 6) is 0. The lowest BCUT2D eigenvalue weighted by Gasteiger charge is -2.19. The second-order valence-corrected chi connectivity index (χ2v) is 4.62. The van der Waals surface area contributed by atoms with Gasteiger partial charge in [-0.25, -0.2) is 0 Å². The van der Waals surface area contributed by atoms with Gasteiger partial charge in [-0.15, -0.1) is 0 Å². The van der Waals surface area contributed by atoms with Crippen LogP contribution in [0.4, 0.5) is 0 Å². The molecule has 5 heteroatoms. The van der Waals surface area contributed by atoms with Crippen LogP contribution in [0.3, 0.4) is 0 Å². The van der Waals surface area contributed by atoms with Crippen LogP contribution in [0, 0.1) is 0 Å². The summed E-state index contributed by atoms with van der Waals surface area (Å²) in [6, 6.07) is 0. The summed E-state index contributed by atoms with van der Waals surface area (Å²) in [4.78, 5) is 2.20. The Hall–Kier alpha value is -0.200. The van der Waals surface area contributed by atoms with Crippen molar-refractivity contribution in [2.24, 2.45) is 0 Å². The molecule has 0 saturated carbocycles. The predicted octanol–water partition coefficient (Wildman–Crippen LogP) is -0.307. The van der Waals surface area contributed by atoms with Gasteiger partial charge in [0.1, 0.15) is 0 Å². The Kier molecular flexibility index (Phi) is 6.99. The van der Waals surface area contributed by atoms with Gasteiger partial charge in [-0.1, -0.05) is 6.92 Å². The molecule has 0 bridgehead atoms. The lowest BCUT2D eigenvalue weighted by atomic mass is 10.3. The SMILES string of the molecule is CCCNCC(O)CN1CC(OC)C(OC)C1. The normalized spacial score (nSPS) is 27.5. The van der Waals surface area contributed by atoms with Crippen molar-refractivity contribution in [2.45, 2.75) is 31.7 Å². The number of nitrogens with zero attached hydrogens (tertiary/aromatic N) is 1. The van der Waals surface area contributed by atoms with E-state index in [1.165, 1.54) is 0 Å². The molecule has 1 aliphatic rings. The van der Waals surface area contributed by atoms with Crippen molar-refractivity contribution in [3.05, 3.63) is 0 Å². The van der Waals surface area contributed by atoms with E-state index in [1.807, 2.05) is 0 Å². The standard InChI is InChI=1S/C12H26N2O3/c1-4-5-13-6-10(15)7-14-8-11(16-2)12(9-14)17-3/h10-13,15H,4-9H2,1-3H3. The Balaban J connectivity index is 2.23. The maximum atomic E-state index is 9.87. The fourth-order valence-electron chi connectivity index (χ4n) is 2.23. The largest absolute Gasteiger partial charge is 0.390 e. The Morgan fingerprint density at radius 2 is 1.88 bits per heavy atom. The van der Waals surface area contributed by atoms with E-state index in [2.05, 4.69) is 17.1 Å². The Bertz CT molecular complexity index is 192. The zero-order chi connectivity index (χ0) is 12.7. The molecule has 0 aliphatic carbocycles. The number of methoxy groups -OCH3 is 2. The third-order valence-corrected chi connectivity index (χ3v) is 3.17. The molecule has 3 atom stereocenters. The van der Waals surface area contributed by atoms with Crippen molar-refractivity contribution in [1.82, 2.24) is 10.2 Å². The molecule has 1 saturated heterocycles. The van der Waals surface area contributed by atoms with Crippen LogP contribution in [-0.2, 0) is 9.47 Å². The van der Waals surface area contributed by atoms with Crippen LogP contribution < -0.4 is 5.32 Å². The minimum atomic E-state index is -0.324. The van der Waals surface area contributed by atoms with Crippen LogP contribution in [0.15, 0.2) is 0 Å². The summed E-state index contributed by atoms with van der Waals surface area (Å²) >= 11 is 0. The molecule has 1 rings (SSSR count). The van der Waals surface area contributed by atoms with Crippen LogP contribution >= 0.6 is 0 Å². The van der Waals surface area contributed by atoms with E-state index in [9.17, 15) is 5.11 Å². The van der Waals surface area contributed by atoms with Crippen molar-refractivity contribution < 1.29 is 14.6 Å². The van der Waals surface area contributed by atoms with Crippen LogP contribution in [0.2, 0.25) is 0 Å². The maximum absolute atomic E-state index is 9.87. The molecule has 0 aromatic rings. The lowest BCUT2D eigenvalue weighted by Crippen LogP contribution is -2.38. The number of nitrogens with one attached hydrogen (secondary N) is 1. The minimum absolute atomic E-state index is 0.121. The van der Waals surface area contributed by atoms with E-state index in [-0.39, 0.29) is 18.3 Å². The van der Waals surface area contributed by atoms with Crippen LogP contribution in [0.1, 0.15) is 13.3 Å². The number of ether oxygens (including phenoxy) is 2. The molecule has 0 amide bonds. The summed E-state index contributed by atoms with van der Waals surface area (Å²) < 4.78 is 10.7. The van der Waals surface area contributed by atoms with Gasteiger partial charge in [0, 0.05) is 40.4 Å². The minimum Gasteiger partial charge on any atom is -0.390 e. The Morgan fingerprint density at radius 3 is 2.35 bits per heavy atom. The molecule has 2 N–H and O–H groups in total. The summed E-state index contributed by atoms with van der Waals surface area (Å²) in [5.41, 5.74) is 0. The van der Waals surface area contributed by atoms with E-state index < -0.39 is 0 Å². The smallest absolute Gasteiger partial charge is 0.0971 e. The first-order valence-electron chi connectivity index (χ1n) is 6.38. The van der Waals surface area contributed by atoms with Crippen LogP contribution in [0.25, 0.3) is 0 Å². The molecule has 3 unspecified atom stereocenters. The van der Waals surface area contributed by atoms with Crippen LogP contribution in [-0.4, -0.2) is 75.3 Å². The highest BCUT2D eigenvalue weighted by Gasteiger charge is 2.33. The molecular formula is C12H26N2O3. The van der Waals surface area contributed by atoms with E-state index in [4.69, 9.17) is 9.47 Å². The molecule has 102 valence electrons. The Labute approximate surface area is 104 Å². The van der Waals surface area contributed by atoms with E-state index in [0.29, 0.717) is 13.1 Å². The highest BCUT2D eigenvalue weighted by atomic mass is 16.5. The fraction of sp³-hybridized carbons (Fsp3) is 1.00. The molecule has 5 nitrogen and oxygen atoms in total. The number of β-amino-alcohol motifs (C(OH)–C–C–N with tert-alkyl or cyclic N) is 1. The van der Waals surface area contributed by atoms with Crippen molar-refractivity contribution in [1.29, 1.82) is 0 Å². The van der Waals surface area contributed by atoms with Gasteiger partial charge in [-0.2, -0.15) is 0 Å². The predicted molar refractivity (Wildman–Crippen MR) is 67.2 cm³/mol. The zero-order valence-electron chi connectivity index (χ0n) is 11.2. The summed E-state index contributed by atoms with van der Waals surface area (Å²) in [7, 11) is 3.42. The molecule has 1 aliphatic heterocycles. The highest BCUT2D eigenvalue weighted by molar-refractivity contribution is 4.86. The van der Waals surface area contributed by atoms with Crippen molar-refractivity contribution >= 4 is 0 Å². The quantitative estimate of drug-likeness (QED) is 0.576. The topological polar surface area (TPSA) is 54.0 Å². The third-order valence-electron chi connectivity index (χ3n) is 3.17. The van der Waals surface area contributed by atoms with E-state index in [0.717, 1.165) is 26.1 Å². The molecule has 1 fully saturated rings. The number of rotatable bonds is 8. The number of aliphatic hydroxyl groups is 1. The first kappa shape index (κ1) is 14.9. The van der Waals surface area contributed by atoms with Gasteiger partial charge in [0.15, 0.2) is 0 Å². The number of likely N-dealkylation sites (tertiary alicyclic amines) is 1. The number of hydrogen-bond acceptors (Lipinski definition) is 5. The average Bonchev–Trinajstić information content (AvgIpc) is 2.71. The fourth-order valence-corrected chi connectivity index (χ4v) is 2.23. The van der Waals surface area contributed by atoms with Gasteiger partial charge >= 0.3 is 0 Å². The second kappa shape index (κ2) is 8.00. The molecular weight excluding hydrogens is 220 g/mol. The van der Waals surface area contributed by atoms with Gasteiger partial charge in [0.25, 0.3) is 0 Å². The first-order valence-corrected chi connectivity index (χ1v) is 6.38. The van der Waals surface area contributed by atoms with Gasteiger partial charge in [-0.3, -0.25) is 4.90 Å². The number of hydrogen-bond donors (Lipinski definition) is 2. The van der Waals surface area contributed by atoms with Gasteiger partial charge in [0.05, 0.1) is 18.3 Å². The summed E-state index contributed by atoms with van der Waals surface area (Å²) in [6.45, 7) is 6.07. The molecule has 1 heterocycles. The van der Waals surface area contributed by atoms with Gasteiger partial charge < -0.3 is 19.9 Å². The summed E-state index contributed by atoms with van der Waals surface area (Å²) in [5, 5.41) is 13.1. The molecule has 0 aromatic heterocycles. The molecule has 0 spiro atoms. The monoisotopic (exact) mass is 246 g/mol. The molecule has 0 radical (unpaired) electrons. The van der Waals surface area contributed by atoms with Gasteiger partial charge in [-0.05, 0) is 13.0 Å². The molecule has 0 aromatic carbocycles. The third kappa shape index (κ3) is 4.89. The van der Waals surface area contributed by atoms with Crippen LogP contribution in [0.5, 0.6) is 0 Å². The zero-order valence-corrected chi connectivity index (χ0v) is 11.2. The number of aliphatic hydroxyl groups excluding tert-OH is 1. The van der Waals surface area contributed by atoms with Crippen molar-refractivity contribution in [3.8, 4) is 0 Å². The Morgan fingerprint density at radius 1 is 1.29 bits per heavy atom. The van der Waals surface area contributed by atoms with Gasteiger partial charge in [0.2, 0.25) is 0 Å². The molecule has 17 heavy (non-hydrogen) atoms. The van der Waals surface area contributed by atoms with E-state index >= 15 is 0 Å². The average molecular weight is 246 g/mol. The highest BCUT2D eigenvalue weighted by Crippen LogP contribution is 2.15. The van der Waals surface area contributed by atoms with E-state index in [1.54, 1.807) is 14.2 Å². The van der Waals surface area contributed by atoms with Crippen molar-refractivity contribution in [3.63, 3.8) is 0 Å². The lowest BCUT2D eigenvalue weighted by molar-refractivity contribution is -0.00461. The summed E-state index contributed by atoms with van der Waals surface area (Å²) in [6.07, 6.45) is 1.01. The maximum Gasteiger partial charge on any atom is 0.0971 e. The first-order chi connectivity index (χ1) is 8.21. The van der Waals surface area contributed by atoms with Crippen molar-refractivity contribution in [2.75, 3.05) is 46.9 Å². The second-order valence-electron chi connectivity index (χ2n) is 4.62.